The lowest BCUT2D eigenvalue weighted by atomic mass is 10.1. The van der Waals surface area contributed by atoms with Gasteiger partial charge in [0.15, 0.2) is 0 Å². The van der Waals surface area contributed by atoms with E-state index in [2.05, 4.69) is 24.4 Å². The number of hydrogen-bond donors (Lipinski definition) is 2. The zero-order chi connectivity index (χ0) is 21.6. The predicted molar refractivity (Wildman–Crippen MR) is 123 cm³/mol. The Labute approximate surface area is 180 Å². The van der Waals surface area contributed by atoms with Gasteiger partial charge in [0.05, 0.1) is 20.2 Å². The lowest BCUT2D eigenvalue weighted by Crippen LogP contribution is -2.42. The first kappa shape index (κ1) is 28.1. The number of likely N-dealkylation sites (N-methyl/N-ethyl adjacent to an activating group) is 1. The molecule has 0 fully saturated rings. The third kappa shape index (κ3) is 21.6. The standard InChI is InChI=1S/C24H48N2O3/c1-3-4-5-6-7-8-9-10-11-12-13-14-15-16-17-19-24(28)25-20-18-21-26(2,29)22-23-27/h10-11,27H,3-9,12-23H2,1-2H3,(H,25,28)/b11-10+. The summed E-state index contributed by atoms with van der Waals surface area (Å²) in [6, 6.07) is 0. The number of aliphatic hydroxyl groups is 1. The number of aliphatic hydroxyl groups excluding tert-OH is 1. The van der Waals surface area contributed by atoms with Gasteiger partial charge in [0.1, 0.15) is 6.54 Å². The van der Waals surface area contributed by atoms with Crippen molar-refractivity contribution in [3.63, 3.8) is 0 Å². The lowest BCUT2D eigenvalue weighted by molar-refractivity contribution is -0.861. The maximum atomic E-state index is 11.8. The Balaban J connectivity index is 3.33. The van der Waals surface area contributed by atoms with Crippen LogP contribution < -0.4 is 5.32 Å². The molecule has 172 valence electrons. The third-order valence-corrected chi connectivity index (χ3v) is 5.37. The van der Waals surface area contributed by atoms with E-state index in [9.17, 15) is 10.0 Å². The van der Waals surface area contributed by atoms with Crippen LogP contribution in [-0.2, 0) is 4.79 Å². The number of nitrogens with one attached hydrogen (secondary N) is 1. The Kier molecular flexibility index (Phi) is 19.7. The van der Waals surface area contributed by atoms with E-state index in [0.29, 0.717) is 25.9 Å². The van der Waals surface area contributed by atoms with Crippen molar-refractivity contribution in [2.75, 3.05) is 33.3 Å². The topological polar surface area (TPSA) is 72.4 Å². The minimum absolute atomic E-state index is 0.0879. The summed E-state index contributed by atoms with van der Waals surface area (Å²) in [5.74, 6) is 0.0879. The summed E-state index contributed by atoms with van der Waals surface area (Å²) in [6.45, 7) is 3.35. The molecule has 0 saturated carbocycles. The van der Waals surface area contributed by atoms with Crippen molar-refractivity contribution in [2.45, 2.75) is 103 Å². The van der Waals surface area contributed by atoms with Crippen molar-refractivity contribution >= 4 is 5.91 Å². The number of hydroxylamine groups is 3. The van der Waals surface area contributed by atoms with Crippen LogP contribution >= 0.6 is 0 Å². The van der Waals surface area contributed by atoms with Gasteiger partial charge in [0, 0.05) is 19.4 Å². The van der Waals surface area contributed by atoms with E-state index in [1.54, 1.807) is 7.05 Å². The molecule has 0 saturated heterocycles. The highest BCUT2D eigenvalue weighted by molar-refractivity contribution is 5.75. The van der Waals surface area contributed by atoms with Gasteiger partial charge in [-0.3, -0.25) is 4.79 Å². The molecule has 0 heterocycles. The Bertz CT molecular complexity index is 398. The van der Waals surface area contributed by atoms with Gasteiger partial charge >= 0.3 is 0 Å². The monoisotopic (exact) mass is 412 g/mol. The molecular weight excluding hydrogens is 364 g/mol. The largest absolute Gasteiger partial charge is 0.633 e. The van der Waals surface area contributed by atoms with E-state index < -0.39 is 4.65 Å². The molecule has 0 spiro atoms. The maximum Gasteiger partial charge on any atom is 0.219 e. The van der Waals surface area contributed by atoms with Crippen molar-refractivity contribution in [2.24, 2.45) is 0 Å². The summed E-state index contributed by atoms with van der Waals surface area (Å²) >= 11 is 0. The molecule has 0 bridgehead atoms. The number of quaternary nitrogens is 1. The van der Waals surface area contributed by atoms with Crippen LogP contribution in [0.15, 0.2) is 12.2 Å². The molecule has 1 amide bonds. The normalized spacial score (nSPS) is 13.7. The number of unbranched alkanes of at least 4 members (excludes halogenated alkanes) is 11. The van der Waals surface area contributed by atoms with Crippen LogP contribution in [0.4, 0.5) is 0 Å². The van der Waals surface area contributed by atoms with Gasteiger partial charge in [-0.15, -0.1) is 0 Å². The van der Waals surface area contributed by atoms with Crippen LogP contribution in [-0.4, -0.2) is 48.9 Å². The fraction of sp³-hybridized carbons (Fsp3) is 0.875. The molecule has 0 aliphatic carbocycles. The number of rotatable bonds is 21. The first-order chi connectivity index (χ1) is 14.0. The predicted octanol–water partition coefficient (Wildman–Crippen LogP) is 5.47. The van der Waals surface area contributed by atoms with Gasteiger partial charge in [-0.1, -0.05) is 70.4 Å². The molecule has 0 aliphatic heterocycles. The molecule has 5 heteroatoms. The second-order valence-corrected chi connectivity index (χ2v) is 8.51. The molecule has 0 rings (SSSR count). The molecule has 2 N–H and O–H groups in total. The summed E-state index contributed by atoms with van der Waals surface area (Å²) < 4.78 is -0.444. The number of nitrogens with zero attached hydrogens (tertiary/aromatic N) is 1. The Morgan fingerprint density at radius 1 is 0.862 bits per heavy atom. The van der Waals surface area contributed by atoms with Gasteiger partial charge in [-0.2, -0.15) is 0 Å². The molecule has 1 unspecified atom stereocenters. The number of carbonyl (C=O) groups excluding carboxylic acids is 1. The van der Waals surface area contributed by atoms with Gasteiger partial charge < -0.3 is 20.3 Å². The number of carbonyl (C=O) groups is 1. The molecule has 1 atom stereocenters. The highest BCUT2D eigenvalue weighted by atomic mass is 16.5. The van der Waals surface area contributed by atoms with E-state index >= 15 is 0 Å². The minimum Gasteiger partial charge on any atom is -0.633 e. The average molecular weight is 413 g/mol. The fourth-order valence-corrected chi connectivity index (χ4v) is 3.41. The second kappa shape index (κ2) is 20.4. The van der Waals surface area contributed by atoms with Crippen molar-refractivity contribution in [3.05, 3.63) is 17.4 Å². The van der Waals surface area contributed by atoms with Crippen molar-refractivity contribution in [3.8, 4) is 0 Å². The van der Waals surface area contributed by atoms with Crippen LogP contribution in [0, 0.1) is 5.21 Å². The molecule has 0 aromatic carbocycles. The van der Waals surface area contributed by atoms with E-state index in [1.165, 1.54) is 70.6 Å². The van der Waals surface area contributed by atoms with Crippen molar-refractivity contribution in [1.82, 2.24) is 5.32 Å². The molecule has 0 aromatic rings. The third-order valence-electron chi connectivity index (χ3n) is 5.37. The smallest absolute Gasteiger partial charge is 0.219 e. The van der Waals surface area contributed by atoms with Gasteiger partial charge in [0.25, 0.3) is 0 Å². The van der Waals surface area contributed by atoms with E-state index in [1.807, 2.05) is 0 Å². The first-order valence-electron chi connectivity index (χ1n) is 12.1. The summed E-state index contributed by atoms with van der Waals surface area (Å²) in [7, 11) is 1.56. The maximum absolute atomic E-state index is 11.8. The lowest BCUT2D eigenvalue weighted by Gasteiger charge is -2.38. The molecule has 29 heavy (non-hydrogen) atoms. The van der Waals surface area contributed by atoms with Crippen LogP contribution in [0.1, 0.15) is 103 Å². The van der Waals surface area contributed by atoms with E-state index in [0.717, 1.165) is 12.8 Å². The van der Waals surface area contributed by atoms with Crippen LogP contribution in [0.25, 0.3) is 0 Å². The zero-order valence-corrected chi connectivity index (χ0v) is 19.3. The van der Waals surface area contributed by atoms with Crippen LogP contribution in [0.5, 0.6) is 0 Å². The molecular formula is C24H48N2O3. The fourth-order valence-electron chi connectivity index (χ4n) is 3.41. The van der Waals surface area contributed by atoms with E-state index in [4.69, 9.17) is 5.11 Å². The Hall–Kier alpha value is -0.910. The molecule has 5 nitrogen and oxygen atoms in total. The summed E-state index contributed by atoms with van der Waals surface area (Å²) in [5.41, 5.74) is 0. The van der Waals surface area contributed by atoms with Gasteiger partial charge in [-0.05, 0) is 32.1 Å². The first-order valence-corrected chi connectivity index (χ1v) is 12.1. The quantitative estimate of drug-likeness (QED) is 0.114. The highest BCUT2D eigenvalue weighted by Gasteiger charge is 2.08. The molecule has 0 radical (unpaired) electrons. The molecule has 0 aromatic heterocycles. The number of amides is 1. The summed E-state index contributed by atoms with van der Waals surface area (Å²) in [6.07, 6.45) is 22.3. The van der Waals surface area contributed by atoms with Gasteiger partial charge in [0.2, 0.25) is 5.91 Å². The average Bonchev–Trinajstić information content (AvgIpc) is 2.68. The van der Waals surface area contributed by atoms with Crippen LogP contribution in [0.2, 0.25) is 0 Å². The van der Waals surface area contributed by atoms with E-state index in [-0.39, 0.29) is 19.1 Å². The summed E-state index contributed by atoms with van der Waals surface area (Å²) in [4.78, 5) is 11.8. The highest BCUT2D eigenvalue weighted by Crippen LogP contribution is 2.10. The molecule has 0 aliphatic rings. The second-order valence-electron chi connectivity index (χ2n) is 8.51. The van der Waals surface area contributed by atoms with Crippen LogP contribution in [0.3, 0.4) is 0 Å². The Morgan fingerprint density at radius 2 is 1.41 bits per heavy atom. The number of hydrogen-bond acceptors (Lipinski definition) is 3. The number of allylic oxidation sites excluding steroid dienone is 2. The van der Waals surface area contributed by atoms with Gasteiger partial charge in [-0.25, -0.2) is 0 Å². The zero-order valence-electron chi connectivity index (χ0n) is 19.3. The van der Waals surface area contributed by atoms with Crippen molar-refractivity contribution < 1.29 is 14.5 Å². The SMILES string of the molecule is CCCCCCCC/C=C/CCCCCCCC(=O)NCCC[N+](C)([O-])CCO. The van der Waals surface area contributed by atoms with Crippen molar-refractivity contribution in [1.29, 1.82) is 0 Å². The summed E-state index contributed by atoms with van der Waals surface area (Å²) in [5, 5.41) is 23.5. The minimum atomic E-state index is -0.444. The Morgan fingerprint density at radius 3 is 2.00 bits per heavy atom.